The van der Waals surface area contributed by atoms with Crippen molar-refractivity contribution >= 4 is 54.7 Å². The molecule has 0 aromatic heterocycles. The van der Waals surface area contributed by atoms with Crippen LogP contribution in [0.2, 0.25) is 10.0 Å². The number of sulfonamides is 1. The van der Waals surface area contributed by atoms with Gasteiger partial charge in [0.1, 0.15) is 4.90 Å². The molecule has 2 aromatic rings. The molecule has 0 fully saturated rings. The van der Waals surface area contributed by atoms with Gasteiger partial charge in [0.15, 0.2) is 0 Å². The molecule has 2 aromatic carbocycles. The van der Waals surface area contributed by atoms with Crippen molar-refractivity contribution in [3.05, 3.63) is 45.9 Å². The van der Waals surface area contributed by atoms with E-state index in [2.05, 4.69) is 0 Å². The van der Waals surface area contributed by atoms with E-state index < -0.39 is 25.0 Å². The highest BCUT2D eigenvalue weighted by molar-refractivity contribution is 7.93. The van der Waals surface area contributed by atoms with Crippen LogP contribution in [-0.4, -0.2) is 28.4 Å². The first-order valence-corrected chi connectivity index (χ1v) is 10.3. The second-order valence-corrected chi connectivity index (χ2v) is 9.37. The second-order valence-electron chi connectivity index (χ2n) is 5.20. The van der Waals surface area contributed by atoms with Crippen molar-refractivity contribution < 1.29 is 21.4 Å². The van der Waals surface area contributed by atoms with Crippen LogP contribution < -0.4 is 10.0 Å². The van der Waals surface area contributed by atoms with Crippen LogP contribution in [-0.2, 0) is 20.1 Å². The van der Waals surface area contributed by atoms with E-state index in [1.807, 2.05) is 0 Å². The zero-order valence-electron chi connectivity index (χ0n) is 13.1. The largest absolute Gasteiger partial charge is 0.397 e. The van der Waals surface area contributed by atoms with E-state index in [4.69, 9.17) is 33.5 Å². The molecule has 0 aliphatic rings. The molecule has 0 aliphatic carbocycles. The van der Waals surface area contributed by atoms with Crippen LogP contribution in [0.1, 0.15) is 5.56 Å². The molecular formula is C14H14Cl2N2O5S2. The molecule has 3 N–H and O–H groups in total. The van der Waals surface area contributed by atoms with Gasteiger partial charge < -0.3 is 5.73 Å². The Labute approximate surface area is 155 Å². The SMILES string of the molecule is Cc1ccc(S(=O)(=O)O)cc1N(C)S(=O)(=O)c1cc(Cl)c(N)cc1Cl. The summed E-state index contributed by atoms with van der Waals surface area (Å²) in [5.74, 6) is 0. The molecule has 136 valence electrons. The molecular weight excluding hydrogens is 411 g/mol. The minimum absolute atomic E-state index is 0.0137. The molecule has 0 saturated carbocycles. The van der Waals surface area contributed by atoms with E-state index in [1.165, 1.54) is 25.2 Å². The predicted molar refractivity (Wildman–Crippen MR) is 97.5 cm³/mol. The quantitative estimate of drug-likeness (QED) is 0.575. The number of aryl methyl sites for hydroxylation is 1. The van der Waals surface area contributed by atoms with E-state index in [9.17, 15) is 16.8 Å². The average Bonchev–Trinajstić information content (AvgIpc) is 2.49. The number of hydrogen-bond donors (Lipinski definition) is 2. The minimum atomic E-state index is -4.49. The van der Waals surface area contributed by atoms with Crippen molar-refractivity contribution in [1.29, 1.82) is 0 Å². The molecule has 0 heterocycles. The van der Waals surface area contributed by atoms with Gasteiger partial charge >= 0.3 is 0 Å². The molecule has 0 radical (unpaired) electrons. The molecule has 25 heavy (non-hydrogen) atoms. The highest BCUT2D eigenvalue weighted by Gasteiger charge is 2.27. The fraction of sp³-hybridized carbons (Fsp3) is 0.143. The summed E-state index contributed by atoms with van der Waals surface area (Å²) in [5.41, 5.74) is 6.24. The number of nitrogen functional groups attached to an aromatic ring is 1. The van der Waals surface area contributed by atoms with Gasteiger partial charge in [-0.15, -0.1) is 0 Å². The van der Waals surface area contributed by atoms with Crippen LogP contribution in [0, 0.1) is 6.92 Å². The van der Waals surface area contributed by atoms with Crippen molar-refractivity contribution in [1.82, 2.24) is 0 Å². The Bertz CT molecular complexity index is 1050. The Morgan fingerprint density at radius 1 is 1.04 bits per heavy atom. The fourth-order valence-corrected chi connectivity index (χ4v) is 4.62. The summed E-state index contributed by atoms with van der Waals surface area (Å²) in [6.07, 6.45) is 0. The average molecular weight is 425 g/mol. The Morgan fingerprint density at radius 3 is 2.20 bits per heavy atom. The Balaban J connectivity index is 2.64. The maximum atomic E-state index is 12.9. The molecule has 0 amide bonds. The van der Waals surface area contributed by atoms with Crippen molar-refractivity contribution in [2.45, 2.75) is 16.7 Å². The van der Waals surface area contributed by atoms with Crippen LogP contribution in [0.15, 0.2) is 40.1 Å². The van der Waals surface area contributed by atoms with Crippen LogP contribution in [0.4, 0.5) is 11.4 Å². The van der Waals surface area contributed by atoms with Gasteiger partial charge in [0.2, 0.25) is 0 Å². The van der Waals surface area contributed by atoms with Gasteiger partial charge in [-0.3, -0.25) is 8.86 Å². The molecule has 7 nitrogen and oxygen atoms in total. The standard InChI is InChI=1S/C14H14Cl2N2O5S2/c1-8-3-4-9(25(21,22)23)5-13(8)18(2)24(19,20)14-7-10(15)12(17)6-11(14)16/h3-7H,17H2,1-2H3,(H,21,22,23). The summed E-state index contributed by atoms with van der Waals surface area (Å²) in [5, 5.41) is -0.114. The molecule has 0 atom stereocenters. The Hall–Kier alpha value is -1.52. The van der Waals surface area contributed by atoms with Gasteiger partial charge in [-0.2, -0.15) is 8.42 Å². The third-order valence-corrected chi connectivity index (χ3v) is 6.92. The van der Waals surface area contributed by atoms with E-state index in [-0.39, 0.29) is 26.3 Å². The maximum Gasteiger partial charge on any atom is 0.294 e. The number of benzene rings is 2. The first-order valence-electron chi connectivity index (χ1n) is 6.67. The van der Waals surface area contributed by atoms with Crippen molar-refractivity contribution in [2.24, 2.45) is 0 Å². The lowest BCUT2D eigenvalue weighted by atomic mass is 10.2. The number of nitrogens with two attached hydrogens (primary N) is 1. The third kappa shape index (κ3) is 3.85. The van der Waals surface area contributed by atoms with Crippen LogP contribution >= 0.6 is 23.2 Å². The van der Waals surface area contributed by atoms with Gasteiger partial charge in [-0.05, 0) is 36.8 Å². The summed E-state index contributed by atoms with van der Waals surface area (Å²) >= 11 is 11.9. The highest BCUT2D eigenvalue weighted by Crippen LogP contribution is 2.34. The topological polar surface area (TPSA) is 118 Å². The van der Waals surface area contributed by atoms with Gasteiger partial charge in [0.25, 0.3) is 20.1 Å². The van der Waals surface area contributed by atoms with Crippen LogP contribution in [0.3, 0.4) is 0 Å². The maximum absolute atomic E-state index is 12.9. The van der Waals surface area contributed by atoms with Crippen LogP contribution in [0.25, 0.3) is 0 Å². The summed E-state index contributed by atoms with van der Waals surface area (Å²) in [6.45, 7) is 1.59. The van der Waals surface area contributed by atoms with Crippen molar-refractivity contribution in [3.63, 3.8) is 0 Å². The second kappa shape index (κ2) is 6.65. The number of halogens is 2. The summed E-state index contributed by atoms with van der Waals surface area (Å²) in [4.78, 5) is -0.718. The lowest BCUT2D eigenvalue weighted by Crippen LogP contribution is -2.27. The molecule has 0 saturated heterocycles. The van der Waals surface area contributed by atoms with E-state index in [1.54, 1.807) is 6.92 Å². The Kier molecular flexibility index (Phi) is 5.27. The fourth-order valence-electron chi connectivity index (χ4n) is 2.11. The van der Waals surface area contributed by atoms with Crippen molar-refractivity contribution in [3.8, 4) is 0 Å². The first-order chi connectivity index (χ1) is 11.4. The third-order valence-electron chi connectivity index (χ3n) is 3.51. The lowest BCUT2D eigenvalue weighted by molar-refractivity contribution is 0.483. The first kappa shape index (κ1) is 19.8. The lowest BCUT2D eigenvalue weighted by Gasteiger charge is -2.22. The molecule has 0 spiro atoms. The smallest absolute Gasteiger partial charge is 0.294 e. The number of anilines is 2. The molecule has 2 rings (SSSR count). The minimum Gasteiger partial charge on any atom is -0.397 e. The summed E-state index contributed by atoms with van der Waals surface area (Å²) in [7, 11) is -7.43. The monoisotopic (exact) mass is 424 g/mol. The molecule has 11 heteroatoms. The molecule has 0 aliphatic heterocycles. The molecule has 0 unspecified atom stereocenters. The van der Waals surface area contributed by atoms with Gasteiger partial charge in [0.05, 0.1) is 26.3 Å². The summed E-state index contributed by atoms with van der Waals surface area (Å²) in [6, 6.07) is 5.93. The van der Waals surface area contributed by atoms with Gasteiger partial charge in [-0.25, -0.2) is 8.42 Å². The van der Waals surface area contributed by atoms with Gasteiger partial charge in [0, 0.05) is 7.05 Å². The number of hydrogen-bond acceptors (Lipinski definition) is 5. The van der Waals surface area contributed by atoms with E-state index >= 15 is 0 Å². The molecule has 0 bridgehead atoms. The zero-order chi connectivity index (χ0) is 19.2. The predicted octanol–water partition coefficient (Wildman–Crippen LogP) is 2.96. The normalized spacial score (nSPS) is 12.2. The highest BCUT2D eigenvalue weighted by atomic mass is 35.5. The van der Waals surface area contributed by atoms with Gasteiger partial charge in [-0.1, -0.05) is 29.3 Å². The van der Waals surface area contributed by atoms with E-state index in [0.29, 0.717) is 5.56 Å². The number of nitrogens with zero attached hydrogens (tertiary/aromatic N) is 1. The Morgan fingerprint density at radius 2 is 1.64 bits per heavy atom. The van der Waals surface area contributed by atoms with Crippen LogP contribution in [0.5, 0.6) is 0 Å². The zero-order valence-corrected chi connectivity index (χ0v) is 16.2. The van der Waals surface area contributed by atoms with Crippen molar-refractivity contribution in [2.75, 3.05) is 17.1 Å². The number of rotatable bonds is 4. The van der Waals surface area contributed by atoms with E-state index in [0.717, 1.165) is 16.4 Å². The summed E-state index contributed by atoms with van der Waals surface area (Å²) < 4.78 is 58.4.